The zero-order valence-electron chi connectivity index (χ0n) is 9.43. The second kappa shape index (κ2) is 9.47. The second-order valence-corrected chi connectivity index (χ2v) is 2.84. The number of nitriles is 2. The van der Waals surface area contributed by atoms with Gasteiger partial charge in [-0.1, -0.05) is 10.3 Å². The first-order valence-electron chi connectivity index (χ1n) is 4.79. The van der Waals surface area contributed by atoms with Gasteiger partial charge in [0.15, 0.2) is 0 Å². The fraction of sp³-hybridized carbons (Fsp3) is 0.600. The molecule has 0 spiro atoms. The van der Waals surface area contributed by atoms with Crippen LogP contribution in [0.2, 0.25) is 0 Å². The summed E-state index contributed by atoms with van der Waals surface area (Å²) < 4.78 is 0. The van der Waals surface area contributed by atoms with Gasteiger partial charge in [0.1, 0.15) is 24.6 Å². The molecule has 86 valence electrons. The molecule has 0 rings (SSSR count). The lowest BCUT2D eigenvalue weighted by Gasteiger charge is -2.00. The summed E-state index contributed by atoms with van der Waals surface area (Å²) in [6.45, 7) is 3.96. The minimum atomic E-state index is 0.260. The number of hydrogen-bond donors (Lipinski definition) is 0. The van der Waals surface area contributed by atoms with Crippen molar-refractivity contribution in [3.8, 4) is 12.1 Å². The standard InChI is InChI=1S/C10H14N4O2/c1-9(13-15-7-3-5-11)10(2)14-16-8-4-6-12/h3-4,7-8H2,1-2H3/b13-9+,14-10+. The molecule has 0 aliphatic rings. The first-order chi connectivity index (χ1) is 7.72. The number of nitrogens with zero attached hydrogens (tertiary/aromatic N) is 4. The lowest BCUT2D eigenvalue weighted by Crippen LogP contribution is -2.07. The molecule has 0 atom stereocenters. The summed E-state index contributed by atoms with van der Waals surface area (Å²) in [5.74, 6) is 0. The fourth-order valence-electron chi connectivity index (χ4n) is 0.600. The third-order valence-corrected chi connectivity index (χ3v) is 1.54. The van der Waals surface area contributed by atoms with Crippen LogP contribution in [0.15, 0.2) is 10.3 Å². The largest absolute Gasteiger partial charge is 0.394 e. The van der Waals surface area contributed by atoms with Crippen molar-refractivity contribution in [2.45, 2.75) is 26.7 Å². The van der Waals surface area contributed by atoms with E-state index in [0.29, 0.717) is 24.3 Å². The van der Waals surface area contributed by atoms with Crippen LogP contribution in [0.3, 0.4) is 0 Å². The molecule has 0 aliphatic carbocycles. The van der Waals surface area contributed by atoms with Gasteiger partial charge in [-0.25, -0.2) is 0 Å². The normalized spacial score (nSPS) is 11.5. The predicted molar refractivity (Wildman–Crippen MR) is 58.6 cm³/mol. The van der Waals surface area contributed by atoms with Gasteiger partial charge in [0.2, 0.25) is 0 Å². The Hall–Kier alpha value is -2.08. The van der Waals surface area contributed by atoms with Crippen molar-refractivity contribution in [3.63, 3.8) is 0 Å². The van der Waals surface area contributed by atoms with Crippen molar-refractivity contribution in [1.82, 2.24) is 0 Å². The summed E-state index contributed by atoms with van der Waals surface area (Å²) in [6.07, 6.45) is 0.595. The van der Waals surface area contributed by atoms with Crippen molar-refractivity contribution in [3.05, 3.63) is 0 Å². The van der Waals surface area contributed by atoms with Crippen molar-refractivity contribution in [2.24, 2.45) is 10.3 Å². The number of hydrogen-bond acceptors (Lipinski definition) is 6. The van der Waals surface area contributed by atoms with E-state index in [1.807, 2.05) is 12.1 Å². The summed E-state index contributed by atoms with van der Waals surface area (Å²) in [5, 5.41) is 24.0. The Morgan fingerprint density at radius 2 is 1.31 bits per heavy atom. The van der Waals surface area contributed by atoms with E-state index in [-0.39, 0.29) is 13.2 Å². The maximum absolute atomic E-state index is 8.26. The van der Waals surface area contributed by atoms with Gasteiger partial charge in [-0.15, -0.1) is 0 Å². The molecule has 0 aromatic heterocycles. The van der Waals surface area contributed by atoms with Gasteiger partial charge in [0.05, 0.1) is 25.0 Å². The molecule has 0 saturated heterocycles. The van der Waals surface area contributed by atoms with Gasteiger partial charge < -0.3 is 9.68 Å². The van der Waals surface area contributed by atoms with E-state index >= 15 is 0 Å². The Balaban J connectivity index is 3.92. The van der Waals surface area contributed by atoms with E-state index < -0.39 is 0 Å². The highest BCUT2D eigenvalue weighted by Gasteiger charge is 1.98. The van der Waals surface area contributed by atoms with Gasteiger partial charge in [0, 0.05) is 0 Å². The van der Waals surface area contributed by atoms with Gasteiger partial charge in [-0.3, -0.25) is 0 Å². The van der Waals surface area contributed by atoms with Crippen LogP contribution in [0, 0.1) is 22.7 Å². The zero-order valence-corrected chi connectivity index (χ0v) is 9.43. The highest BCUT2D eigenvalue weighted by Crippen LogP contribution is 1.90. The Labute approximate surface area is 94.7 Å². The van der Waals surface area contributed by atoms with E-state index in [1.54, 1.807) is 13.8 Å². The molecule has 0 bridgehead atoms. The molecule has 0 aromatic carbocycles. The quantitative estimate of drug-likeness (QED) is 0.371. The molecule has 0 fully saturated rings. The molecule has 6 nitrogen and oxygen atoms in total. The molecular formula is C10H14N4O2. The molecule has 0 N–H and O–H groups in total. The zero-order chi connectivity index (χ0) is 12.2. The Bertz CT molecular complexity index is 302. The molecule has 6 heteroatoms. The molecule has 0 radical (unpaired) electrons. The van der Waals surface area contributed by atoms with Crippen LogP contribution < -0.4 is 0 Å². The molecule has 16 heavy (non-hydrogen) atoms. The van der Waals surface area contributed by atoms with E-state index in [4.69, 9.17) is 20.2 Å². The van der Waals surface area contributed by atoms with E-state index in [0.717, 1.165) is 0 Å². The Morgan fingerprint density at radius 3 is 1.62 bits per heavy atom. The van der Waals surface area contributed by atoms with Gasteiger partial charge in [0.25, 0.3) is 0 Å². The molecule has 0 amide bonds. The molecule has 0 aromatic rings. The summed E-state index contributed by atoms with van der Waals surface area (Å²) in [6, 6.07) is 3.88. The first kappa shape index (κ1) is 13.9. The van der Waals surface area contributed by atoms with Crippen LogP contribution in [-0.2, 0) is 9.68 Å². The van der Waals surface area contributed by atoms with Crippen molar-refractivity contribution in [2.75, 3.05) is 13.2 Å². The average molecular weight is 222 g/mol. The van der Waals surface area contributed by atoms with Gasteiger partial charge in [-0.2, -0.15) is 10.5 Å². The minimum absolute atomic E-state index is 0.260. The van der Waals surface area contributed by atoms with Crippen LogP contribution in [0.4, 0.5) is 0 Å². The lowest BCUT2D eigenvalue weighted by atomic mass is 10.3. The molecule has 0 aliphatic heterocycles. The minimum Gasteiger partial charge on any atom is -0.394 e. The number of oxime groups is 2. The van der Waals surface area contributed by atoms with Crippen LogP contribution in [0.5, 0.6) is 0 Å². The van der Waals surface area contributed by atoms with E-state index in [2.05, 4.69) is 10.3 Å². The van der Waals surface area contributed by atoms with E-state index in [1.165, 1.54) is 0 Å². The lowest BCUT2D eigenvalue weighted by molar-refractivity contribution is 0.147. The van der Waals surface area contributed by atoms with E-state index in [9.17, 15) is 0 Å². The van der Waals surface area contributed by atoms with Crippen molar-refractivity contribution in [1.29, 1.82) is 10.5 Å². The number of rotatable bonds is 7. The first-order valence-corrected chi connectivity index (χ1v) is 4.79. The summed E-state index contributed by atoms with van der Waals surface area (Å²) in [7, 11) is 0. The Kier molecular flexibility index (Phi) is 8.24. The van der Waals surface area contributed by atoms with Crippen molar-refractivity contribution >= 4 is 11.4 Å². The third kappa shape index (κ3) is 7.34. The van der Waals surface area contributed by atoms with Gasteiger partial charge in [-0.05, 0) is 13.8 Å². The molecule has 0 heterocycles. The second-order valence-electron chi connectivity index (χ2n) is 2.84. The molecule has 0 unspecified atom stereocenters. The average Bonchev–Trinajstić information content (AvgIpc) is 2.29. The van der Waals surface area contributed by atoms with Crippen LogP contribution in [0.1, 0.15) is 26.7 Å². The predicted octanol–water partition coefficient (Wildman–Crippen LogP) is 1.60. The van der Waals surface area contributed by atoms with Crippen molar-refractivity contribution < 1.29 is 9.68 Å². The highest BCUT2D eigenvalue weighted by atomic mass is 16.6. The topological polar surface area (TPSA) is 90.8 Å². The fourth-order valence-corrected chi connectivity index (χ4v) is 0.600. The van der Waals surface area contributed by atoms with Crippen LogP contribution in [-0.4, -0.2) is 24.6 Å². The maximum atomic E-state index is 8.26. The molecular weight excluding hydrogens is 208 g/mol. The maximum Gasteiger partial charge on any atom is 0.130 e. The molecule has 0 saturated carbocycles. The summed E-state index contributed by atoms with van der Waals surface area (Å²) in [4.78, 5) is 9.72. The third-order valence-electron chi connectivity index (χ3n) is 1.54. The smallest absolute Gasteiger partial charge is 0.130 e. The SMILES string of the molecule is CC(=N\OCCC#N)/C(C)=N/OCCC#N. The van der Waals surface area contributed by atoms with Crippen LogP contribution in [0.25, 0.3) is 0 Å². The van der Waals surface area contributed by atoms with Crippen LogP contribution >= 0.6 is 0 Å². The monoisotopic (exact) mass is 222 g/mol. The highest BCUT2D eigenvalue weighted by molar-refractivity contribution is 6.40. The summed E-state index contributed by atoms with van der Waals surface area (Å²) in [5.41, 5.74) is 1.16. The van der Waals surface area contributed by atoms with Gasteiger partial charge >= 0.3 is 0 Å². The Morgan fingerprint density at radius 1 is 0.938 bits per heavy atom. The summed E-state index contributed by atoms with van der Waals surface area (Å²) >= 11 is 0.